The maximum Gasteiger partial charge on any atom is 0.0888 e. The lowest BCUT2D eigenvalue weighted by molar-refractivity contribution is 0.0262. The van der Waals surface area contributed by atoms with Gasteiger partial charge in [0.15, 0.2) is 0 Å². The zero-order valence-corrected chi connectivity index (χ0v) is 14.4. The van der Waals surface area contributed by atoms with E-state index in [0.717, 1.165) is 18.8 Å². The molecule has 0 amide bonds. The van der Waals surface area contributed by atoms with Crippen LogP contribution in [0.5, 0.6) is 0 Å². The van der Waals surface area contributed by atoms with E-state index < -0.39 is 0 Å². The standard InChI is InChI=1S/C17H31N3O/c1-14(2)9-18-10-15-7-8-16(19-11-15)12-21-13-17(3,4)20(5)6/h7-8,11,14,18H,9-10,12-13H2,1-6H3. The maximum absolute atomic E-state index is 5.78. The van der Waals surface area contributed by atoms with Gasteiger partial charge in [0, 0.05) is 18.3 Å². The molecule has 0 aromatic carbocycles. The van der Waals surface area contributed by atoms with Crippen LogP contribution >= 0.6 is 0 Å². The van der Waals surface area contributed by atoms with Gasteiger partial charge >= 0.3 is 0 Å². The Kier molecular flexibility index (Phi) is 7.29. The molecule has 0 aliphatic heterocycles. The lowest BCUT2D eigenvalue weighted by atomic mass is 10.1. The Morgan fingerprint density at radius 3 is 2.52 bits per heavy atom. The first kappa shape index (κ1) is 18.1. The number of ether oxygens (including phenoxy) is 1. The molecule has 1 aromatic rings. The van der Waals surface area contributed by atoms with Crippen molar-refractivity contribution in [3.63, 3.8) is 0 Å². The highest BCUT2D eigenvalue weighted by Gasteiger charge is 2.20. The van der Waals surface area contributed by atoms with E-state index in [1.54, 1.807) is 0 Å². The molecule has 1 N–H and O–H groups in total. The molecule has 0 spiro atoms. The first-order valence-electron chi connectivity index (χ1n) is 7.71. The highest BCUT2D eigenvalue weighted by atomic mass is 16.5. The van der Waals surface area contributed by atoms with Crippen LogP contribution in [0.1, 0.15) is 39.0 Å². The van der Waals surface area contributed by atoms with Crippen LogP contribution in [-0.4, -0.2) is 42.7 Å². The summed E-state index contributed by atoms with van der Waals surface area (Å²) in [7, 11) is 4.14. The minimum atomic E-state index is 0.0424. The van der Waals surface area contributed by atoms with Crippen molar-refractivity contribution in [3.05, 3.63) is 29.6 Å². The van der Waals surface area contributed by atoms with Gasteiger partial charge in [-0.05, 0) is 52.0 Å². The molecule has 0 saturated carbocycles. The predicted octanol–water partition coefficient (Wildman–Crippen LogP) is 2.68. The topological polar surface area (TPSA) is 37.4 Å². The number of pyridine rings is 1. The third-order valence-corrected chi connectivity index (χ3v) is 3.68. The molecule has 0 aliphatic carbocycles. The third-order valence-electron chi connectivity index (χ3n) is 3.68. The summed E-state index contributed by atoms with van der Waals surface area (Å²) in [5.74, 6) is 0.672. The fraction of sp³-hybridized carbons (Fsp3) is 0.706. The fourth-order valence-corrected chi connectivity index (χ4v) is 1.68. The molecule has 1 heterocycles. The van der Waals surface area contributed by atoms with Crippen molar-refractivity contribution in [1.29, 1.82) is 0 Å². The molecule has 4 heteroatoms. The highest BCUT2D eigenvalue weighted by molar-refractivity contribution is 5.13. The molecule has 21 heavy (non-hydrogen) atoms. The lowest BCUT2D eigenvalue weighted by Crippen LogP contribution is -2.42. The molecule has 0 saturated heterocycles. The Morgan fingerprint density at radius 1 is 1.29 bits per heavy atom. The predicted molar refractivity (Wildman–Crippen MR) is 88.2 cm³/mol. The van der Waals surface area contributed by atoms with Gasteiger partial charge in [0.25, 0.3) is 0 Å². The molecule has 0 unspecified atom stereocenters. The van der Waals surface area contributed by atoms with Crippen molar-refractivity contribution in [2.75, 3.05) is 27.2 Å². The van der Waals surface area contributed by atoms with Crippen molar-refractivity contribution >= 4 is 0 Å². The molecule has 0 aliphatic rings. The van der Waals surface area contributed by atoms with E-state index in [2.05, 4.69) is 69.1 Å². The Morgan fingerprint density at radius 2 is 2.00 bits per heavy atom. The van der Waals surface area contributed by atoms with E-state index in [4.69, 9.17) is 4.74 Å². The molecule has 0 bridgehead atoms. The summed E-state index contributed by atoms with van der Waals surface area (Å²) in [4.78, 5) is 6.63. The van der Waals surface area contributed by atoms with E-state index in [9.17, 15) is 0 Å². The monoisotopic (exact) mass is 293 g/mol. The number of aromatic nitrogens is 1. The largest absolute Gasteiger partial charge is 0.373 e. The molecular weight excluding hydrogens is 262 g/mol. The third kappa shape index (κ3) is 7.02. The lowest BCUT2D eigenvalue weighted by Gasteiger charge is -2.32. The second-order valence-electron chi connectivity index (χ2n) is 6.88. The Balaban J connectivity index is 2.34. The first-order chi connectivity index (χ1) is 9.81. The van der Waals surface area contributed by atoms with Crippen molar-refractivity contribution in [2.45, 2.75) is 46.4 Å². The average Bonchev–Trinajstić information content (AvgIpc) is 2.40. The molecule has 0 fully saturated rings. The van der Waals surface area contributed by atoms with Gasteiger partial charge in [-0.1, -0.05) is 19.9 Å². The molecule has 0 radical (unpaired) electrons. The average molecular weight is 293 g/mol. The number of rotatable bonds is 9. The summed E-state index contributed by atoms with van der Waals surface area (Å²) >= 11 is 0. The quantitative estimate of drug-likeness (QED) is 0.759. The van der Waals surface area contributed by atoms with Gasteiger partial charge in [0.05, 0.1) is 18.9 Å². The van der Waals surface area contributed by atoms with Crippen LogP contribution in [0.3, 0.4) is 0 Å². The van der Waals surface area contributed by atoms with Gasteiger partial charge in [-0.25, -0.2) is 0 Å². The summed E-state index contributed by atoms with van der Waals surface area (Å²) < 4.78 is 5.78. The SMILES string of the molecule is CC(C)CNCc1ccc(COCC(C)(C)N(C)C)nc1. The van der Waals surface area contributed by atoms with Gasteiger partial charge in [0.2, 0.25) is 0 Å². The highest BCUT2D eigenvalue weighted by Crippen LogP contribution is 2.11. The van der Waals surface area contributed by atoms with Gasteiger partial charge < -0.3 is 15.0 Å². The molecular formula is C17H31N3O. The van der Waals surface area contributed by atoms with E-state index in [-0.39, 0.29) is 5.54 Å². The van der Waals surface area contributed by atoms with Crippen LogP contribution < -0.4 is 5.32 Å². The summed E-state index contributed by atoms with van der Waals surface area (Å²) in [6.45, 7) is 11.9. The van der Waals surface area contributed by atoms with Crippen molar-refractivity contribution in [3.8, 4) is 0 Å². The van der Waals surface area contributed by atoms with Crippen molar-refractivity contribution in [1.82, 2.24) is 15.2 Å². The fourth-order valence-electron chi connectivity index (χ4n) is 1.68. The zero-order chi connectivity index (χ0) is 15.9. The normalized spacial score (nSPS) is 12.4. The zero-order valence-electron chi connectivity index (χ0n) is 14.4. The second kappa shape index (κ2) is 8.47. The Bertz CT molecular complexity index is 399. The number of hydrogen-bond donors (Lipinski definition) is 1. The van der Waals surface area contributed by atoms with Crippen molar-refractivity contribution < 1.29 is 4.74 Å². The smallest absolute Gasteiger partial charge is 0.0888 e. The van der Waals surface area contributed by atoms with Crippen LogP contribution in [0.4, 0.5) is 0 Å². The minimum absolute atomic E-state index is 0.0424. The Hall–Kier alpha value is -0.970. The van der Waals surface area contributed by atoms with Crippen molar-refractivity contribution in [2.24, 2.45) is 5.92 Å². The van der Waals surface area contributed by atoms with E-state index in [0.29, 0.717) is 19.1 Å². The van der Waals surface area contributed by atoms with Crippen LogP contribution in [0, 0.1) is 5.92 Å². The van der Waals surface area contributed by atoms with Crippen LogP contribution in [-0.2, 0) is 17.9 Å². The molecule has 4 nitrogen and oxygen atoms in total. The molecule has 120 valence electrons. The summed E-state index contributed by atoms with van der Waals surface area (Å²) in [5.41, 5.74) is 2.24. The number of nitrogens with one attached hydrogen (secondary N) is 1. The first-order valence-corrected chi connectivity index (χ1v) is 7.71. The number of hydrogen-bond acceptors (Lipinski definition) is 4. The van der Waals surface area contributed by atoms with Crippen LogP contribution in [0.15, 0.2) is 18.3 Å². The van der Waals surface area contributed by atoms with Crippen LogP contribution in [0.2, 0.25) is 0 Å². The Labute approximate surface area is 129 Å². The summed E-state index contributed by atoms with van der Waals surface area (Å²) in [6, 6.07) is 4.17. The van der Waals surface area contributed by atoms with E-state index >= 15 is 0 Å². The maximum atomic E-state index is 5.78. The van der Waals surface area contributed by atoms with E-state index in [1.807, 2.05) is 6.20 Å². The van der Waals surface area contributed by atoms with Gasteiger partial charge in [-0.3, -0.25) is 4.98 Å². The molecule has 0 atom stereocenters. The molecule has 1 rings (SSSR count). The van der Waals surface area contributed by atoms with Crippen LogP contribution in [0.25, 0.3) is 0 Å². The van der Waals surface area contributed by atoms with E-state index in [1.165, 1.54) is 5.56 Å². The number of likely N-dealkylation sites (N-methyl/N-ethyl adjacent to an activating group) is 1. The van der Waals surface area contributed by atoms with Gasteiger partial charge in [-0.2, -0.15) is 0 Å². The summed E-state index contributed by atoms with van der Waals surface area (Å²) in [6.07, 6.45) is 1.93. The second-order valence-corrected chi connectivity index (χ2v) is 6.88. The molecule has 1 aromatic heterocycles. The minimum Gasteiger partial charge on any atom is -0.373 e. The number of nitrogens with zero attached hydrogens (tertiary/aromatic N) is 2. The van der Waals surface area contributed by atoms with Gasteiger partial charge in [-0.15, -0.1) is 0 Å². The summed E-state index contributed by atoms with van der Waals surface area (Å²) in [5, 5.41) is 3.42. The van der Waals surface area contributed by atoms with Gasteiger partial charge in [0.1, 0.15) is 0 Å².